The van der Waals surface area contributed by atoms with Gasteiger partial charge in [0.15, 0.2) is 0 Å². The predicted molar refractivity (Wildman–Crippen MR) is 126 cm³/mol. The van der Waals surface area contributed by atoms with Gasteiger partial charge in [-0.15, -0.1) is 0 Å². The Hall–Kier alpha value is -3.84. The molecule has 2 N–H and O–H groups in total. The number of hydrogen-bond acceptors (Lipinski definition) is 5. The van der Waals surface area contributed by atoms with E-state index in [1.54, 1.807) is 54.8 Å². The standard InChI is InChI=1S/C25H22ClN3O4/c1-15(2)16-7-11-19(12-8-16)29-24(31)21(26)22(25(29)32)28-18-9-5-17(6-10-18)23(30)27-14-20-4-3-13-33-20/h3-13,15,28H,14H2,1-2H3,(H,27,30). The van der Waals surface area contributed by atoms with E-state index in [9.17, 15) is 14.4 Å². The first-order valence-electron chi connectivity index (χ1n) is 10.4. The van der Waals surface area contributed by atoms with E-state index in [0.29, 0.717) is 28.6 Å². The van der Waals surface area contributed by atoms with Gasteiger partial charge in [0.25, 0.3) is 17.7 Å². The Morgan fingerprint density at radius 2 is 1.70 bits per heavy atom. The van der Waals surface area contributed by atoms with Gasteiger partial charge in [-0.05, 0) is 60.0 Å². The third-order valence-electron chi connectivity index (χ3n) is 5.26. The molecule has 3 amide bonds. The first-order valence-corrected chi connectivity index (χ1v) is 10.8. The lowest BCUT2D eigenvalue weighted by Crippen LogP contribution is -2.32. The second kappa shape index (κ2) is 9.34. The van der Waals surface area contributed by atoms with Crippen LogP contribution in [0.15, 0.2) is 82.1 Å². The highest BCUT2D eigenvalue weighted by Gasteiger charge is 2.38. The fourth-order valence-corrected chi connectivity index (χ4v) is 3.60. The van der Waals surface area contributed by atoms with Crippen molar-refractivity contribution in [3.8, 4) is 0 Å². The zero-order chi connectivity index (χ0) is 23.5. The van der Waals surface area contributed by atoms with Gasteiger partial charge >= 0.3 is 0 Å². The number of carbonyl (C=O) groups is 3. The summed E-state index contributed by atoms with van der Waals surface area (Å²) in [5, 5.41) is 5.48. The van der Waals surface area contributed by atoms with Crippen molar-refractivity contribution in [3.05, 3.63) is 94.5 Å². The van der Waals surface area contributed by atoms with Crippen LogP contribution in [0.3, 0.4) is 0 Å². The summed E-state index contributed by atoms with van der Waals surface area (Å²) in [5.74, 6) is -0.412. The third-order valence-corrected chi connectivity index (χ3v) is 5.62. The molecule has 0 spiro atoms. The lowest BCUT2D eigenvalue weighted by molar-refractivity contribution is -0.120. The number of benzene rings is 2. The summed E-state index contributed by atoms with van der Waals surface area (Å²) in [6.45, 7) is 4.41. The number of hydrogen-bond donors (Lipinski definition) is 2. The molecule has 1 aliphatic rings. The second-order valence-electron chi connectivity index (χ2n) is 7.85. The molecule has 0 bridgehead atoms. The largest absolute Gasteiger partial charge is 0.467 e. The van der Waals surface area contributed by atoms with Gasteiger partial charge in [-0.3, -0.25) is 14.4 Å². The highest BCUT2D eigenvalue weighted by Crippen LogP contribution is 2.31. The van der Waals surface area contributed by atoms with Gasteiger partial charge in [-0.1, -0.05) is 37.6 Å². The Kier molecular flexibility index (Phi) is 6.33. The smallest absolute Gasteiger partial charge is 0.283 e. The fourth-order valence-electron chi connectivity index (χ4n) is 3.39. The zero-order valence-corrected chi connectivity index (χ0v) is 18.8. The van der Waals surface area contributed by atoms with Gasteiger partial charge < -0.3 is 15.1 Å². The number of carbonyl (C=O) groups excluding carboxylic acids is 3. The van der Waals surface area contributed by atoms with Crippen molar-refractivity contribution >= 4 is 40.7 Å². The van der Waals surface area contributed by atoms with Gasteiger partial charge in [-0.25, -0.2) is 4.90 Å². The highest BCUT2D eigenvalue weighted by molar-refractivity contribution is 6.53. The molecule has 2 aromatic carbocycles. The molecule has 1 aromatic heterocycles. The van der Waals surface area contributed by atoms with E-state index in [4.69, 9.17) is 16.0 Å². The predicted octanol–water partition coefficient (Wildman–Crippen LogP) is 4.77. The minimum Gasteiger partial charge on any atom is -0.467 e. The van der Waals surface area contributed by atoms with Gasteiger partial charge in [0.05, 0.1) is 18.5 Å². The van der Waals surface area contributed by atoms with E-state index in [-0.39, 0.29) is 23.2 Å². The van der Waals surface area contributed by atoms with Crippen LogP contribution in [0, 0.1) is 0 Å². The molecule has 168 valence electrons. The minimum absolute atomic E-state index is 0.00961. The molecule has 0 saturated heterocycles. The minimum atomic E-state index is -0.588. The maximum Gasteiger partial charge on any atom is 0.283 e. The third kappa shape index (κ3) is 4.68. The van der Waals surface area contributed by atoms with Gasteiger partial charge in [-0.2, -0.15) is 0 Å². The number of nitrogens with zero attached hydrogens (tertiary/aromatic N) is 1. The summed E-state index contributed by atoms with van der Waals surface area (Å²) in [7, 11) is 0. The van der Waals surface area contributed by atoms with Crippen LogP contribution in [0.5, 0.6) is 0 Å². The van der Waals surface area contributed by atoms with Crippen LogP contribution >= 0.6 is 11.6 Å². The summed E-state index contributed by atoms with van der Waals surface area (Å²) in [5.41, 5.74) is 2.50. The summed E-state index contributed by atoms with van der Waals surface area (Å²) in [6, 6.07) is 17.2. The van der Waals surface area contributed by atoms with E-state index in [1.807, 2.05) is 12.1 Å². The fraction of sp³-hybridized carbons (Fsp3) is 0.160. The van der Waals surface area contributed by atoms with Crippen molar-refractivity contribution < 1.29 is 18.8 Å². The Morgan fingerprint density at radius 1 is 1.00 bits per heavy atom. The topological polar surface area (TPSA) is 91.7 Å². The van der Waals surface area contributed by atoms with Crippen LogP contribution in [-0.4, -0.2) is 17.7 Å². The molecule has 0 saturated carbocycles. The average molecular weight is 464 g/mol. The first-order chi connectivity index (χ1) is 15.8. The number of halogens is 1. The monoisotopic (exact) mass is 463 g/mol. The van der Waals surface area contributed by atoms with Crippen LogP contribution in [0.4, 0.5) is 11.4 Å². The lowest BCUT2D eigenvalue weighted by atomic mass is 10.0. The van der Waals surface area contributed by atoms with Crippen molar-refractivity contribution in [2.75, 3.05) is 10.2 Å². The van der Waals surface area contributed by atoms with Crippen molar-refractivity contribution in [1.82, 2.24) is 5.32 Å². The molecule has 3 aromatic rings. The molecular formula is C25H22ClN3O4. The molecule has 0 fully saturated rings. The van der Waals surface area contributed by atoms with Gasteiger partial charge in [0.2, 0.25) is 0 Å². The van der Waals surface area contributed by atoms with Crippen LogP contribution in [0.1, 0.15) is 41.4 Å². The maximum atomic E-state index is 13.0. The van der Waals surface area contributed by atoms with E-state index in [2.05, 4.69) is 24.5 Å². The van der Waals surface area contributed by atoms with E-state index in [0.717, 1.165) is 10.5 Å². The lowest BCUT2D eigenvalue weighted by Gasteiger charge is -2.16. The molecule has 1 aliphatic heterocycles. The summed E-state index contributed by atoms with van der Waals surface area (Å²) >= 11 is 6.20. The first kappa shape index (κ1) is 22.4. The number of rotatable bonds is 7. The summed E-state index contributed by atoms with van der Waals surface area (Å²) in [6.07, 6.45) is 1.54. The Morgan fingerprint density at radius 3 is 2.30 bits per heavy atom. The van der Waals surface area contributed by atoms with E-state index < -0.39 is 11.8 Å². The van der Waals surface area contributed by atoms with Crippen LogP contribution in [0.25, 0.3) is 0 Å². The Labute approximate surface area is 196 Å². The number of imide groups is 1. The SMILES string of the molecule is CC(C)c1ccc(N2C(=O)C(Cl)=C(Nc3ccc(C(=O)NCc4ccco4)cc3)C2=O)cc1. The highest BCUT2D eigenvalue weighted by atomic mass is 35.5. The number of anilines is 2. The van der Waals surface area contributed by atoms with Crippen LogP contribution in [-0.2, 0) is 16.1 Å². The van der Waals surface area contributed by atoms with Crippen LogP contribution < -0.4 is 15.5 Å². The van der Waals surface area contributed by atoms with E-state index in [1.165, 1.54) is 0 Å². The van der Waals surface area contributed by atoms with Gasteiger partial charge in [0.1, 0.15) is 16.5 Å². The molecule has 0 radical (unpaired) electrons. The van der Waals surface area contributed by atoms with Crippen molar-refractivity contribution in [2.45, 2.75) is 26.3 Å². The molecular weight excluding hydrogens is 442 g/mol. The molecule has 0 unspecified atom stereocenters. The molecule has 0 atom stereocenters. The van der Waals surface area contributed by atoms with Crippen molar-refractivity contribution in [2.24, 2.45) is 0 Å². The average Bonchev–Trinajstić information content (AvgIpc) is 3.41. The number of furan rings is 1. The molecule has 33 heavy (non-hydrogen) atoms. The van der Waals surface area contributed by atoms with Crippen molar-refractivity contribution in [3.63, 3.8) is 0 Å². The molecule has 8 heteroatoms. The normalized spacial score (nSPS) is 13.8. The van der Waals surface area contributed by atoms with Crippen molar-refractivity contribution in [1.29, 1.82) is 0 Å². The summed E-state index contributed by atoms with van der Waals surface area (Å²) < 4.78 is 5.19. The Bertz CT molecular complexity index is 1210. The Balaban J connectivity index is 1.44. The number of nitrogens with one attached hydrogen (secondary N) is 2. The van der Waals surface area contributed by atoms with Gasteiger partial charge in [0, 0.05) is 11.3 Å². The molecule has 4 rings (SSSR count). The summed E-state index contributed by atoms with van der Waals surface area (Å²) in [4.78, 5) is 39.0. The zero-order valence-electron chi connectivity index (χ0n) is 18.1. The number of amides is 3. The van der Waals surface area contributed by atoms with Crippen LogP contribution in [0.2, 0.25) is 0 Å². The maximum absolute atomic E-state index is 13.0. The quantitative estimate of drug-likeness (QED) is 0.492. The molecule has 2 heterocycles. The van der Waals surface area contributed by atoms with E-state index >= 15 is 0 Å². The molecule has 0 aliphatic carbocycles. The molecule has 7 nitrogen and oxygen atoms in total. The second-order valence-corrected chi connectivity index (χ2v) is 8.22.